The van der Waals surface area contributed by atoms with Crippen LogP contribution in [0.5, 0.6) is 0 Å². The summed E-state index contributed by atoms with van der Waals surface area (Å²) < 4.78 is 5.50. The Labute approximate surface area is 134 Å². The van der Waals surface area contributed by atoms with E-state index in [4.69, 9.17) is 4.74 Å². The maximum Gasteiger partial charge on any atom is 0.0466 e. The Kier molecular flexibility index (Phi) is 17.5. The van der Waals surface area contributed by atoms with Crippen molar-refractivity contribution >= 4 is 0 Å². The summed E-state index contributed by atoms with van der Waals surface area (Å²) in [7, 11) is 0. The molecule has 0 aliphatic heterocycles. The van der Waals surface area contributed by atoms with Gasteiger partial charge in [0.2, 0.25) is 0 Å². The monoisotopic (exact) mass is 296 g/mol. The molecule has 1 unspecified atom stereocenters. The first-order valence-corrected chi connectivity index (χ1v) is 9.55. The van der Waals surface area contributed by atoms with Crippen molar-refractivity contribution in [2.75, 3.05) is 13.2 Å². The van der Waals surface area contributed by atoms with Crippen molar-refractivity contribution in [2.24, 2.45) is 5.92 Å². The van der Waals surface area contributed by atoms with Crippen molar-refractivity contribution in [2.45, 2.75) is 97.8 Å². The summed E-state index contributed by atoms with van der Waals surface area (Å²) in [6, 6.07) is 0. The second-order valence-corrected chi connectivity index (χ2v) is 6.42. The molecule has 0 radical (unpaired) electrons. The van der Waals surface area contributed by atoms with Crippen LogP contribution in [0, 0.1) is 5.92 Å². The number of allylic oxidation sites excluding steroid dienone is 2. The van der Waals surface area contributed by atoms with Crippen LogP contribution in [0.4, 0.5) is 0 Å². The second-order valence-electron chi connectivity index (χ2n) is 6.42. The van der Waals surface area contributed by atoms with Gasteiger partial charge in [0.15, 0.2) is 0 Å². The highest BCUT2D eigenvalue weighted by Gasteiger charge is 1.97. The fraction of sp³-hybridized carbons (Fsp3) is 0.900. The number of hydrogen-bond acceptors (Lipinski definition) is 1. The van der Waals surface area contributed by atoms with Gasteiger partial charge in [-0.15, -0.1) is 0 Å². The molecule has 0 fully saturated rings. The van der Waals surface area contributed by atoms with Crippen LogP contribution in [0.15, 0.2) is 12.2 Å². The predicted octanol–water partition coefficient (Wildman–Crippen LogP) is 6.92. The smallest absolute Gasteiger partial charge is 0.0466 e. The van der Waals surface area contributed by atoms with Crippen molar-refractivity contribution in [3.63, 3.8) is 0 Å². The van der Waals surface area contributed by atoms with Crippen molar-refractivity contribution in [3.05, 3.63) is 12.2 Å². The van der Waals surface area contributed by atoms with E-state index in [0.717, 1.165) is 25.6 Å². The fourth-order valence-electron chi connectivity index (χ4n) is 2.56. The first kappa shape index (κ1) is 20.7. The van der Waals surface area contributed by atoms with Gasteiger partial charge in [-0.3, -0.25) is 0 Å². The molecule has 0 bridgehead atoms. The van der Waals surface area contributed by atoms with E-state index in [1.165, 1.54) is 70.6 Å². The van der Waals surface area contributed by atoms with E-state index in [0.29, 0.717) is 0 Å². The summed E-state index contributed by atoms with van der Waals surface area (Å²) in [5.41, 5.74) is 0. The lowest BCUT2D eigenvalue weighted by molar-refractivity contribution is 0.130. The highest BCUT2D eigenvalue weighted by Crippen LogP contribution is 2.13. The summed E-state index contributed by atoms with van der Waals surface area (Å²) in [6.45, 7) is 8.69. The lowest BCUT2D eigenvalue weighted by Crippen LogP contribution is -1.96. The van der Waals surface area contributed by atoms with Crippen LogP contribution in [-0.2, 0) is 4.74 Å². The van der Waals surface area contributed by atoms with E-state index in [1.54, 1.807) is 0 Å². The summed E-state index contributed by atoms with van der Waals surface area (Å²) in [5.74, 6) is 0.761. The Morgan fingerprint density at radius 1 is 0.762 bits per heavy atom. The van der Waals surface area contributed by atoms with Crippen molar-refractivity contribution in [1.82, 2.24) is 0 Å². The molecule has 0 saturated heterocycles. The Bertz CT molecular complexity index is 210. The third-order valence-electron chi connectivity index (χ3n) is 3.99. The molecule has 0 N–H and O–H groups in total. The molecule has 0 amide bonds. The zero-order valence-electron chi connectivity index (χ0n) is 15.0. The van der Waals surface area contributed by atoms with Crippen LogP contribution < -0.4 is 0 Å². The topological polar surface area (TPSA) is 9.23 Å². The Morgan fingerprint density at radius 2 is 1.48 bits per heavy atom. The van der Waals surface area contributed by atoms with E-state index in [-0.39, 0.29) is 0 Å². The Balaban J connectivity index is 3.23. The minimum atomic E-state index is 0.761. The molecule has 0 aliphatic rings. The molecular formula is C20H40O. The van der Waals surface area contributed by atoms with Crippen LogP contribution in [0.25, 0.3) is 0 Å². The van der Waals surface area contributed by atoms with Crippen LogP contribution in [0.1, 0.15) is 97.8 Å². The molecule has 21 heavy (non-hydrogen) atoms. The summed E-state index contributed by atoms with van der Waals surface area (Å²) in [4.78, 5) is 0. The fourth-order valence-corrected chi connectivity index (χ4v) is 2.56. The zero-order valence-corrected chi connectivity index (χ0v) is 15.0. The molecule has 0 aliphatic carbocycles. The van der Waals surface area contributed by atoms with Crippen LogP contribution in [-0.4, -0.2) is 13.2 Å². The lowest BCUT2D eigenvalue weighted by atomic mass is 10.0. The minimum Gasteiger partial charge on any atom is -0.381 e. The number of ether oxygens (including phenoxy) is 1. The Hall–Kier alpha value is -0.300. The standard InChI is InChI=1S/C20H40O/c1-4-6-7-8-9-10-13-16-20(3)17-14-11-12-15-19-21-18-5-2/h13,16,20H,4-12,14-15,17-19H2,1-3H3/b16-13+. The summed E-state index contributed by atoms with van der Waals surface area (Å²) in [5, 5.41) is 0. The Morgan fingerprint density at radius 3 is 2.24 bits per heavy atom. The van der Waals surface area contributed by atoms with Gasteiger partial charge in [-0.2, -0.15) is 0 Å². The molecule has 0 saturated carbocycles. The SMILES string of the molecule is CCCCCCC/C=C/C(C)CCCCCCOCCC. The molecule has 1 nitrogen and oxygen atoms in total. The molecule has 0 aromatic heterocycles. The van der Waals surface area contributed by atoms with Gasteiger partial charge in [0.05, 0.1) is 0 Å². The maximum atomic E-state index is 5.50. The molecule has 0 aromatic carbocycles. The maximum absolute atomic E-state index is 5.50. The van der Waals surface area contributed by atoms with Gasteiger partial charge in [-0.05, 0) is 38.0 Å². The molecule has 0 spiro atoms. The second kappa shape index (κ2) is 17.8. The number of hydrogen-bond donors (Lipinski definition) is 0. The highest BCUT2D eigenvalue weighted by atomic mass is 16.5. The van der Waals surface area contributed by atoms with Crippen molar-refractivity contribution < 1.29 is 4.74 Å². The van der Waals surface area contributed by atoms with E-state index in [1.807, 2.05) is 0 Å². The van der Waals surface area contributed by atoms with Crippen LogP contribution >= 0.6 is 0 Å². The van der Waals surface area contributed by atoms with Gasteiger partial charge < -0.3 is 4.74 Å². The van der Waals surface area contributed by atoms with Gasteiger partial charge >= 0.3 is 0 Å². The van der Waals surface area contributed by atoms with Crippen molar-refractivity contribution in [3.8, 4) is 0 Å². The quantitative estimate of drug-likeness (QED) is 0.222. The molecule has 126 valence electrons. The normalized spacial score (nSPS) is 13.1. The lowest BCUT2D eigenvalue weighted by Gasteiger charge is -2.06. The molecule has 0 rings (SSSR count). The molecule has 1 heteroatoms. The molecule has 0 heterocycles. The van der Waals surface area contributed by atoms with Crippen molar-refractivity contribution in [1.29, 1.82) is 0 Å². The first-order valence-electron chi connectivity index (χ1n) is 9.55. The van der Waals surface area contributed by atoms with E-state index in [2.05, 4.69) is 32.9 Å². The third kappa shape index (κ3) is 17.6. The predicted molar refractivity (Wildman–Crippen MR) is 95.9 cm³/mol. The van der Waals surface area contributed by atoms with E-state index >= 15 is 0 Å². The highest BCUT2D eigenvalue weighted by molar-refractivity contribution is 4.86. The largest absolute Gasteiger partial charge is 0.381 e. The van der Waals surface area contributed by atoms with Gasteiger partial charge in [0, 0.05) is 13.2 Å². The van der Waals surface area contributed by atoms with Crippen LogP contribution in [0.2, 0.25) is 0 Å². The molecule has 1 atom stereocenters. The van der Waals surface area contributed by atoms with Gasteiger partial charge in [-0.25, -0.2) is 0 Å². The van der Waals surface area contributed by atoms with Gasteiger partial charge in [0.25, 0.3) is 0 Å². The van der Waals surface area contributed by atoms with E-state index < -0.39 is 0 Å². The third-order valence-corrected chi connectivity index (χ3v) is 3.99. The average Bonchev–Trinajstić information content (AvgIpc) is 2.49. The van der Waals surface area contributed by atoms with E-state index in [9.17, 15) is 0 Å². The average molecular weight is 297 g/mol. The summed E-state index contributed by atoms with van der Waals surface area (Å²) >= 11 is 0. The number of rotatable bonds is 16. The van der Waals surface area contributed by atoms with Crippen LogP contribution in [0.3, 0.4) is 0 Å². The van der Waals surface area contributed by atoms with Gasteiger partial charge in [-0.1, -0.05) is 77.9 Å². The summed E-state index contributed by atoms with van der Waals surface area (Å²) in [6.07, 6.45) is 20.9. The van der Waals surface area contributed by atoms with Gasteiger partial charge in [0.1, 0.15) is 0 Å². The number of unbranched alkanes of at least 4 members (excludes halogenated alkanes) is 8. The minimum absolute atomic E-state index is 0.761. The zero-order chi connectivity index (χ0) is 15.6. The first-order chi connectivity index (χ1) is 10.3. The molecular weight excluding hydrogens is 256 g/mol. The molecule has 0 aromatic rings.